The van der Waals surface area contributed by atoms with E-state index in [9.17, 15) is 35.1 Å². The second kappa shape index (κ2) is 9.41. The van der Waals surface area contributed by atoms with Crippen molar-refractivity contribution >= 4 is 11.6 Å². The molecule has 10 nitrogen and oxygen atoms in total. The highest BCUT2D eigenvalue weighted by atomic mass is 16.7. The molecule has 1 aliphatic heterocycles. The molecule has 7 atom stereocenters. The molecule has 0 aromatic heterocycles. The number of aromatic hydroxyl groups is 2. The molecule has 2 aromatic carbocycles. The Morgan fingerprint density at radius 1 is 1.11 bits per heavy atom. The molecule has 0 saturated carbocycles. The molecule has 5 rings (SSSR count). The SMILES string of the molecule is CC[C@]1(O)C[C@H](O[C@H]2C[C@H](N(C)C)[C@H](O)[C@H](C)O2)c2cc3c(c(O)c2[C@@H]1O)C(=O)c1cccc(O)c1C3=O. The van der Waals surface area contributed by atoms with Crippen LogP contribution in [0.4, 0.5) is 0 Å². The maximum absolute atomic E-state index is 13.4. The summed E-state index contributed by atoms with van der Waals surface area (Å²) in [4.78, 5) is 28.7. The summed E-state index contributed by atoms with van der Waals surface area (Å²) in [6.07, 6.45) is -4.19. The summed E-state index contributed by atoms with van der Waals surface area (Å²) in [6.45, 7) is 3.42. The van der Waals surface area contributed by atoms with Crippen molar-refractivity contribution in [3.05, 3.63) is 57.6 Å². The van der Waals surface area contributed by atoms with Crippen molar-refractivity contribution in [2.24, 2.45) is 0 Å². The molecule has 5 N–H and O–H groups in total. The van der Waals surface area contributed by atoms with Gasteiger partial charge in [0.25, 0.3) is 0 Å². The van der Waals surface area contributed by atoms with Gasteiger partial charge in [-0.25, -0.2) is 0 Å². The number of carbonyl (C=O) groups excluding carboxylic acids is 2. The van der Waals surface area contributed by atoms with Crippen molar-refractivity contribution in [2.45, 2.75) is 75.5 Å². The first kappa shape index (κ1) is 26.7. The Balaban J connectivity index is 1.62. The lowest BCUT2D eigenvalue weighted by molar-refractivity contribution is -0.261. The van der Waals surface area contributed by atoms with E-state index in [2.05, 4.69) is 0 Å². The van der Waals surface area contributed by atoms with Gasteiger partial charge in [-0.3, -0.25) is 9.59 Å². The number of rotatable bonds is 4. The normalized spacial score (nSPS) is 32.6. The van der Waals surface area contributed by atoms with E-state index in [1.165, 1.54) is 24.3 Å². The maximum Gasteiger partial charge on any atom is 0.198 e. The van der Waals surface area contributed by atoms with Crippen molar-refractivity contribution in [2.75, 3.05) is 14.1 Å². The molecule has 1 heterocycles. The van der Waals surface area contributed by atoms with Crippen LogP contribution in [0.25, 0.3) is 0 Å². The molecule has 3 aliphatic rings. The van der Waals surface area contributed by atoms with Crippen molar-refractivity contribution in [3.8, 4) is 11.5 Å². The lowest BCUT2D eigenvalue weighted by atomic mass is 9.71. The number of ketones is 2. The van der Waals surface area contributed by atoms with Crippen LogP contribution >= 0.6 is 0 Å². The van der Waals surface area contributed by atoms with E-state index in [-0.39, 0.29) is 58.0 Å². The molecule has 0 amide bonds. The standard InChI is InChI=1S/C28H33NO9/c1-5-28(36)11-18(38-19-10-16(29(3)4)23(31)12(2)37-19)14-9-15-21(26(34)22(14)27(28)35)24(32)13-7-6-8-17(30)20(13)25(15)33/h6-9,12,16,18-19,23,27,30-31,34-36H,5,10-11H2,1-4H3/t12-,16-,18-,19-,23+,27-,28-/m0/s1. The molecule has 10 heteroatoms. The van der Waals surface area contributed by atoms with Gasteiger partial charge >= 0.3 is 0 Å². The minimum atomic E-state index is -1.69. The maximum atomic E-state index is 13.4. The molecule has 0 bridgehead atoms. The third-order valence-corrected chi connectivity index (χ3v) is 8.29. The number of nitrogens with zero attached hydrogens (tertiary/aromatic N) is 1. The summed E-state index contributed by atoms with van der Waals surface area (Å²) >= 11 is 0. The van der Waals surface area contributed by atoms with Crippen molar-refractivity contribution in [1.82, 2.24) is 4.90 Å². The molecule has 204 valence electrons. The predicted octanol–water partition coefficient (Wildman–Crippen LogP) is 1.94. The van der Waals surface area contributed by atoms with Crippen LogP contribution in [0.3, 0.4) is 0 Å². The first-order chi connectivity index (χ1) is 17.9. The van der Waals surface area contributed by atoms with Crippen LogP contribution < -0.4 is 0 Å². The summed E-state index contributed by atoms with van der Waals surface area (Å²) in [5.41, 5.74) is -2.15. The lowest BCUT2D eigenvalue weighted by Crippen LogP contribution is -2.54. The Morgan fingerprint density at radius 3 is 2.45 bits per heavy atom. The third kappa shape index (κ3) is 3.95. The largest absolute Gasteiger partial charge is 0.507 e. The van der Waals surface area contributed by atoms with Crippen molar-refractivity contribution < 1.29 is 44.6 Å². The van der Waals surface area contributed by atoms with Gasteiger partial charge in [-0.2, -0.15) is 0 Å². The summed E-state index contributed by atoms with van der Waals surface area (Å²) in [5, 5.41) is 54.8. The van der Waals surface area contributed by atoms with Crippen molar-refractivity contribution in [1.29, 1.82) is 0 Å². The van der Waals surface area contributed by atoms with Gasteiger partial charge in [0.2, 0.25) is 0 Å². The van der Waals surface area contributed by atoms with Gasteiger partial charge in [0.05, 0.1) is 35.0 Å². The first-order valence-electron chi connectivity index (χ1n) is 12.8. The number of aliphatic hydroxyl groups is 3. The number of benzene rings is 2. The quantitative estimate of drug-likeness (QED) is 0.340. The molecule has 0 spiro atoms. The topological polar surface area (TPSA) is 157 Å². The fourth-order valence-electron chi connectivity index (χ4n) is 5.99. The van der Waals surface area contributed by atoms with Gasteiger partial charge in [0, 0.05) is 35.6 Å². The molecule has 1 saturated heterocycles. The van der Waals surface area contributed by atoms with E-state index in [1.54, 1.807) is 13.8 Å². The Bertz CT molecular complexity index is 1310. The fourth-order valence-corrected chi connectivity index (χ4v) is 5.99. The highest BCUT2D eigenvalue weighted by molar-refractivity contribution is 6.30. The first-order valence-corrected chi connectivity index (χ1v) is 12.8. The monoisotopic (exact) mass is 527 g/mol. The van der Waals surface area contributed by atoms with Crippen LogP contribution in [-0.4, -0.2) is 86.2 Å². The smallest absolute Gasteiger partial charge is 0.198 e. The van der Waals surface area contributed by atoms with Gasteiger partial charge in [-0.05, 0) is 45.1 Å². The Hall–Kier alpha value is -2.86. The second-order valence-electron chi connectivity index (χ2n) is 10.7. The summed E-state index contributed by atoms with van der Waals surface area (Å²) in [5.74, 6) is -2.27. The van der Waals surface area contributed by atoms with Crippen LogP contribution in [0.5, 0.6) is 11.5 Å². The van der Waals surface area contributed by atoms with E-state index in [4.69, 9.17) is 9.47 Å². The zero-order chi connectivity index (χ0) is 27.7. The van der Waals surface area contributed by atoms with E-state index < -0.39 is 53.6 Å². The van der Waals surface area contributed by atoms with Crippen molar-refractivity contribution in [3.63, 3.8) is 0 Å². The number of likely N-dealkylation sites (N-methyl/N-ethyl adjacent to an activating group) is 1. The van der Waals surface area contributed by atoms with Crippen LogP contribution in [0, 0.1) is 0 Å². The Kier molecular flexibility index (Phi) is 6.62. The number of carbonyl (C=O) groups is 2. The molecule has 1 fully saturated rings. The Labute approximate surface area is 220 Å². The summed E-state index contributed by atoms with van der Waals surface area (Å²) < 4.78 is 12.2. The number of phenolic OH excluding ortho intramolecular Hbond substituents is 2. The van der Waals surface area contributed by atoms with Gasteiger partial charge in [-0.1, -0.05) is 19.1 Å². The fraction of sp³-hybridized carbons (Fsp3) is 0.500. The number of fused-ring (bicyclic) bond motifs is 3. The average molecular weight is 528 g/mol. The number of phenols is 2. The Morgan fingerprint density at radius 2 is 1.79 bits per heavy atom. The molecule has 2 aliphatic carbocycles. The number of hydrogen-bond acceptors (Lipinski definition) is 10. The van der Waals surface area contributed by atoms with Gasteiger partial charge in [0.1, 0.15) is 17.6 Å². The van der Waals surface area contributed by atoms with E-state index >= 15 is 0 Å². The minimum absolute atomic E-state index is 0.0560. The number of hydrogen-bond donors (Lipinski definition) is 5. The van der Waals surface area contributed by atoms with E-state index in [1.807, 2.05) is 19.0 Å². The molecular formula is C28H33NO9. The van der Waals surface area contributed by atoms with Crippen LogP contribution in [0.2, 0.25) is 0 Å². The molecule has 0 unspecified atom stereocenters. The number of ether oxygens (including phenoxy) is 2. The minimum Gasteiger partial charge on any atom is -0.507 e. The summed E-state index contributed by atoms with van der Waals surface area (Å²) in [6, 6.07) is 5.25. The zero-order valence-corrected chi connectivity index (χ0v) is 21.7. The second-order valence-corrected chi connectivity index (χ2v) is 10.7. The highest BCUT2D eigenvalue weighted by Gasteiger charge is 2.49. The molecule has 38 heavy (non-hydrogen) atoms. The van der Waals surface area contributed by atoms with Crippen LogP contribution in [-0.2, 0) is 9.47 Å². The average Bonchev–Trinajstić information content (AvgIpc) is 2.87. The van der Waals surface area contributed by atoms with Crippen LogP contribution in [0.1, 0.15) is 88.3 Å². The molecule has 0 radical (unpaired) electrons. The van der Waals surface area contributed by atoms with E-state index in [0.717, 1.165) is 0 Å². The predicted molar refractivity (Wildman–Crippen MR) is 134 cm³/mol. The summed E-state index contributed by atoms with van der Waals surface area (Å²) in [7, 11) is 3.68. The number of aliphatic hydroxyl groups excluding tert-OH is 2. The lowest BCUT2D eigenvalue weighted by Gasteiger charge is -2.45. The molecular weight excluding hydrogens is 494 g/mol. The van der Waals surface area contributed by atoms with Gasteiger partial charge in [0.15, 0.2) is 17.9 Å². The highest BCUT2D eigenvalue weighted by Crippen LogP contribution is 2.52. The van der Waals surface area contributed by atoms with Gasteiger partial charge in [-0.15, -0.1) is 0 Å². The van der Waals surface area contributed by atoms with E-state index in [0.29, 0.717) is 6.42 Å². The third-order valence-electron chi connectivity index (χ3n) is 8.29. The van der Waals surface area contributed by atoms with Gasteiger partial charge < -0.3 is 39.9 Å². The van der Waals surface area contributed by atoms with Crippen LogP contribution in [0.15, 0.2) is 24.3 Å². The molecule has 2 aromatic rings. The zero-order valence-electron chi connectivity index (χ0n) is 21.7.